The highest BCUT2D eigenvalue weighted by Gasteiger charge is 2.29. The Kier molecular flexibility index (Phi) is 6.88. The Morgan fingerprint density at radius 2 is 1.92 bits per heavy atom. The van der Waals surface area contributed by atoms with Crippen LogP contribution in [-0.2, 0) is 11.3 Å². The second-order valence-corrected chi connectivity index (χ2v) is 7.34. The molecule has 1 aromatic carbocycles. The van der Waals surface area contributed by atoms with Crippen molar-refractivity contribution < 1.29 is 9.53 Å². The molecule has 4 heteroatoms. The molecule has 2 heterocycles. The highest BCUT2D eigenvalue weighted by molar-refractivity contribution is 5.94. The van der Waals surface area contributed by atoms with Gasteiger partial charge in [-0.15, -0.1) is 0 Å². The van der Waals surface area contributed by atoms with Gasteiger partial charge in [-0.3, -0.25) is 9.69 Å². The van der Waals surface area contributed by atoms with Gasteiger partial charge in [-0.1, -0.05) is 25.0 Å². The van der Waals surface area contributed by atoms with Crippen LogP contribution in [0.1, 0.15) is 61.4 Å². The zero-order chi connectivity index (χ0) is 17.5. The Balaban J connectivity index is 1.64. The average molecular weight is 344 g/mol. The number of hydrogen-bond donors (Lipinski definition) is 0. The van der Waals surface area contributed by atoms with E-state index >= 15 is 0 Å². The third-order valence-electron chi connectivity index (χ3n) is 5.43. The highest BCUT2D eigenvalue weighted by Crippen LogP contribution is 2.21. The Morgan fingerprint density at radius 3 is 2.68 bits per heavy atom. The van der Waals surface area contributed by atoms with Crippen molar-refractivity contribution in [2.24, 2.45) is 0 Å². The lowest BCUT2D eigenvalue weighted by molar-refractivity contribution is 0.0564. The summed E-state index contributed by atoms with van der Waals surface area (Å²) in [5.74, 6) is 0.167. The molecule has 0 unspecified atom stereocenters. The first-order valence-corrected chi connectivity index (χ1v) is 9.98. The average Bonchev–Trinajstić information content (AvgIpc) is 2.96. The molecule has 0 radical (unpaired) electrons. The van der Waals surface area contributed by atoms with Crippen molar-refractivity contribution in [3.63, 3.8) is 0 Å². The number of likely N-dealkylation sites (tertiary alicyclic amines) is 2. The van der Waals surface area contributed by atoms with Gasteiger partial charge in [0.25, 0.3) is 5.91 Å². The van der Waals surface area contributed by atoms with Gasteiger partial charge in [0.05, 0.1) is 12.6 Å². The van der Waals surface area contributed by atoms with Gasteiger partial charge in [-0.25, -0.2) is 0 Å². The molecule has 2 aliphatic rings. The maximum Gasteiger partial charge on any atom is 0.254 e. The fourth-order valence-electron chi connectivity index (χ4n) is 4.05. The first-order chi connectivity index (χ1) is 12.3. The molecule has 2 aliphatic heterocycles. The maximum absolute atomic E-state index is 13.0. The van der Waals surface area contributed by atoms with E-state index in [0.29, 0.717) is 13.2 Å². The summed E-state index contributed by atoms with van der Waals surface area (Å²) < 4.78 is 5.57. The van der Waals surface area contributed by atoms with Crippen LogP contribution in [-0.4, -0.2) is 54.6 Å². The fourth-order valence-corrected chi connectivity index (χ4v) is 4.05. The maximum atomic E-state index is 13.0. The van der Waals surface area contributed by atoms with Crippen molar-refractivity contribution in [1.82, 2.24) is 9.80 Å². The normalized spacial score (nSPS) is 22.1. The second kappa shape index (κ2) is 9.35. The van der Waals surface area contributed by atoms with Crippen LogP contribution in [0.25, 0.3) is 0 Å². The summed E-state index contributed by atoms with van der Waals surface area (Å²) in [5, 5.41) is 0. The molecule has 1 aromatic rings. The molecule has 0 N–H and O–H groups in total. The minimum Gasteiger partial charge on any atom is -0.380 e. The lowest BCUT2D eigenvalue weighted by Gasteiger charge is -2.25. The molecule has 0 aliphatic carbocycles. The van der Waals surface area contributed by atoms with Crippen molar-refractivity contribution in [3.05, 3.63) is 35.4 Å². The third kappa shape index (κ3) is 5.05. The largest absolute Gasteiger partial charge is 0.380 e. The zero-order valence-electron chi connectivity index (χ0n) is 15.6. The Morgan fingerprint density at radius 1 is 1.12 bits per heavy atom. The number of nitrogens with zero attached hydrogens (tertiary/aromatic N) is 2. The van der Waals surface area contributed by atoms with Crippen LogP contribution in [0.2, 0.25) is 0 Å². The van der Waals surface area contributed by atoms with E-state index in [-0.39, 0.29) is 11.9 Å². The number of rotatable bonds is 6. The Bertz CT molecular complexity index is 553. The molecule has 3 rings (SSSR count). The summed E-state index contributed by atoms with van der Waals surface area (Å²) >= 11 is 0. The predicted octanol–water partition coefficient (Wildman–Crippen LogP) is 3.70. The standard InChI is InChI=1S/C21H32N2O2/c1-2-25-17-20-11-8-14-23(20)21(24)19-10-7-9-18(15-19)16-22-12-5-3-4-6-13-22/h7,9-10,15,20H,2-6,8,11-14,16-17H2,1H3/t20-/m1/s1. The van der Waals surface area contributed by atoms with Gasteiger partial charge in [0.15, 0.2) is 0 Å². The lowest BCUT2D eigenvalue weighted by atomic mass is 10.1. The van der Waals surface area contributed by atoms with Crippen LogP contribution in [0, 0.1) is 0 Å². The van der Waals surface area contributed by atoms with Gasteiger partial charge >= 0.3 is 0 Å². The van der Waals surface area contributed by atoms with E-state index in [0.717, 1.165) is 31.5 Å². The van der Waals surface area contributed by atoms with Gasteiger partial charge in [0.2, 0.25) is 0 Å². The second-order valence-electron chi connectivity index (χ2n) is 7.34. The Labute approximate surface area is 152 Å². The van der Waals surface area contributed by atoms with Crippen molar-refractivity contribution in [2.45, 2.75) is 58.0 Å². The van der Waals surface area contributed by atoms with Gasteiger partial charge < -0.3 is 9.64 Å². The van der Waals surface area contributed by atoms with E-state index in [1.54, 1.807) is 0 Å². The van der Waals surface area contributed by atoms with Crippen molar-refractivity contribution in [2.75, 3.05) is 32.8 Å². The molecule has 0 aromatic heterocycles. The third-order valence-corrected chi connectivity index (χ3v) is 5.43. The first kappa shape index (κ1) is 18.4. The minimum atomic E-state index is 0.167. The van der Waals surface area contributed by atoms with E-state index in [1.807, 2.05) is 24.0 Å². The molecule has 25 heavy (non-hydrogen) atoms. The van der Waals surface area contributed by atoms with Crippen LogP contribution >= 0.6 is 0 Å². The van der Waals surface area contributed by atoms with Gasteiger partial charge in [-0.2, -0.15) is 0 Å². The molecular weight excluding hydrogens is 312 g/mol. The molecule has 1 amide bonds. The highest BCUT2D eigenvalue weighted by atomic mass is 16.5. The van der Waals surface area contributed by atoms with Gasteiger partial charge in [0.1, 0.15) is 0 Å². The lowest BCUT2D eigenvalue weighted by Crippen LogP contribution is -2.38. The number of ether oxygens (including phenoxy) is 1. The number of carbonyl (C=O) groups is 1. The molecule has 1 atom stereocenters. The van der Waals surface area contributed by atoms with Gasteiger partial charge in [-0.05, 0) is 63.4 Å². The molecule has 0 spiro atoms. The zero-order valence-corrected chi connectivity index (χ0v) is 15.6. The predicted molar refractivity (Wildman–Crippen MR) is 101 cm³/mol. The summed E-state index contributed by atoms with van der Waals surface area (Å²) in [7, 11) is 0. The van der Waals surface area contributed by atoms with Crippen LogP contribution in [0.5, 0.6) is 0 Å². The van der Waals surface area contributed by atoms with Crippen LogP contribution in [0.15, 0.2) is 24.3 Å². The number of amides is 1. The monoisotopic (exact) mass is 344 g/mol. The Hall–Kier alpha value is -1.39. The van der Waals surface area contributed by atoms with E-state index in [1.165, 1.54) is 44.3 Å². The van der Waals surface area contributed by atoms with Crippen LogP contribution in [0.3, 0.4) is 0 Å². The summed E-state index contributed by atoms with van der Waals surface area (Å²) in [6.45, 7) is 7.56. The summed E-state index contributed by atoms with van der Waals surface area (Å²) in [5.41, 5.74) is 2.09. The molecule has 0 bridgehead atoms. The number of carbonyl (C=O) groups excluding carboxylic acids is 1. The molecule has 2 fully saturated rings. The number of benzene rings is 1. The molecular formula is C21H32N2O2. The molecule has 0 saturated carbocycles. The van der Waals surface area contributed by atoms with Crippen molar-refractivity contribution in [3.8, 4) is 0 Å². The molecule has 138 valence electrons. The summed E-state index contributed by atoms with van der Waals surface area (Å²) in [6, 6.07) is 8.49. The van der Waals surface area contributed by atoms with Crippen LogP contribution < -0.4 is 0 Å². The van der Waals surface area contributed by atoms with E-state index in [9.17, 15) is 4.79 Å². The molecule has 2 saturated heterocycles. The van der Waals surface area contributed by atoms with Gasteiger partial charge in [0, 0.05) is 25.3 Å². The van der Waals surface area contributed by atoms with Crippen molar-refractivity contribution >= 4 is 5.91 Å². The van der Waals surface area contributed by atoms with E-state index in [2.05, 4.69) is 17.0 Å². The van der Waals surface area contributed by atoms with E-state index < -0.39 is 0 Å². The first-order valence-electron chi connectivity index (χ1n) is 9.98. The van der Waals surface area contributed by atoms with Crippen LogP contribution in [0.4, 0.5) is 0 Å². The minimum absolute atomic E-state index is 0.167. The quantitative estimate of drug-likeness (QED) is 0.789. The smallest absolute Gasteiger partial charge is 0.254 e. The number of hydrogen-bond acceptors (Lipinski definition) is 3. The SMILES string of the molecule is CCOC[C@H]1CCCN1C(=O)c1cccc(CN2CCCCCC2)c1. The topological polar surface area (TPSA) is 32.8 Å². The van der Waals surface area contributed by atoms with Crippen molar-refractivity contribution in [1.29, 1.82) is 0 Å². The summed E-state index contributed by atoms with van der Waals surface area (Å²) in [4.78, 5) is 17.5. The molecule has 4 nitrogen and oxygen atoms in total. The summed E-state index contributed by atoms with van der Waals surface area (Å²) in [6.07, 6.45) is 7.43. The fraction of sp³-hybridized carbons (Fsp3) is 0.667. The van der Waals surface area contributed by atoms with E-state index in [4.69, 9.17) is 4.74 Å².